The van der Waals surface area contributed by atoms with Gasteiger partial charge >= 0.3 is 5.97 Å². The smallest absolute Gasteiger partial charge is 0.348 e. The predicted octanol–water partition coefficient (Wildman–Crippen LogP) is 3.33. The zero-order chi connectivity index (χ0) is 16.4. The van der Waals surface area contributed by atoms with E-state index in [1.807, 2.05) is 6.07 Å². The second-order valence-corrected chi connectivity index (χ2v) is 7.18. The number of fused-ring (bicyclic) bond motifs is 1. The number of amides is 1. The molecule has 5 heteroatoms. The molecule has 0 fully saturated rings. The zero-order valence-corrected chi connectivity index (χ0v) is 13.8. The van der Waals surface area contributed by atoms with Crippen LogP contribution < -0.4 is 5.73 Å². The molecule has 0 radical (unpaired) electrons. The average molecular weight is 329 g/mol. The van der Waals surface area contributed by atoms with Gasteiger partial charge in [0, 0.05) is 10.4 Å². The number of aryl methyl sites for hydroxylation is 1. The van der Waals surface area contributed by atoms with Crippen LogP contribution in [0.1, 0.15) is 49.4 Å². The highest BCUT2D eigenvalue weighted by molar-refractivity contribution is 7.14. The molecule has 1 atom stereocenters. The Bertz CT molecular complexity index is 733. The number of carbonyl (C=O) groups excluding carboxylic acids is 2. The molecule has 2 N–H and O–H groups in total. The lowest BCUT2D eigenvalue weighted by Gasteiger charge is -2.16. The van der Waals surface area contributed by atoms with E-state index in [0.29, 0.717) is 16.4 Å². The topological polar surface area (TPSA) is 69.4 Å². The van der Waals surface area contributed by atoms with E-state index in [1.54, 1.807) is 35.6 Å². The Hall–Kier alpha value is -2.14. The molecule has 120 valence electrons. The van der Waals surface area contributed by atoms with Crippen molar-refractivity contribution in [1.29, 1.82) is 0 Å². The number of rotatable bonds is 4. The third kappa shape index (κ3) is 3.62. The fourth-order valence-electron chi connectivity index (χ4n) is 2.79. The molecule has 0 spiro atoms. The SMILES string of the molecule is CC1CCc2sc(C(=O)OCc3ccc(C(N)=O)cc3)cc2C1. The van der Waals surface area contributed by atoms with Crippen LogP contribution in [0.15, 0.2) is 30.3 Å². The fraction of sp³-hybridized carbons (Fsp3) is 0.333. The highest BCUT2D eigenvalue weighted by atomic mass is 32.1. The number of esters is 1. The molecule has 3 rings (SSSR count). The molecule has 1 aromatic carbocycles. The summed E-state index contributed by atoms with van der Waals surface area (Å²) in [7, 11) is 0. The summed E-state index contributed by atoms with van der Waals surface area (Å²) in [5, 5.41) is 0. The van der Waals surface area contributed by atoms with Crippen LogP contribution in [0.5, 0.6) is 0 Å². The molecule has 23 heavy (non-hydrogen) atoms. The molecule has 2 aromatic rings. The minimum Gasteiger partial charge on any atom is -0.457 e. The monoisotopic (exact) mass is 329 g/mol. The van der Waals surface area contributed by atoms with E-state index in [2.05, 4.69) is 6.92 Å². The van der Waals surface area contributed by atoms with Crippen molar-refractivity contribution < 1.29 is 14.3 Å². The van der Waals surface area contributed by atoms with E-state index in [0.717, 1.165) is 18.4 Å². The average Bonchev–Trinajstić information content (AvgIpc) is 2.96. The third-order valence-electron chi connectivity index (χ3n) is 4.14. The van der Waals surface area contributed by atoms with Gasteiger partial charge in [0.2, 0.25) is 5.91 Å². The normalized spacial score (nSPS) is 16.7. The first-order valence-corrected chi connectivity index (χ1v) is 8.52. The first-order valence-electron chi connectivity index (χ1n) is 7.70. The number of benzene rings is 1. The summed E-state index contributed by atoms with van der Waals surface area (Å²) in [5.74, 6) is -0.0623. The summed E-state index contributed by atoms with van der Waals surface area (Å²) >= 11 is 1.55. The highest BCUT2D eigenvalue weighted by Crippen LogP contribution is 2.32. The van der Waals surface area contributed by atoms with E-state index in [-0.39, 0.29) is 12.6 Å². The van der Waals surface area contributed by atoms with Crippen molar-refractivity contribution in [2.75, 3.05) is 0 Å². The number of carbonyl (C=O) groups is 2. The first-order chi connectivity index (χ1) is 11.0. The molecular weight excluding hydrogens is 310 g/mol. The third-order valence-corrected chi connectivity index (χ3v) is 5.36. The van der Waals surface area contributed by atoms with Crippen LogP contribution in [0.2, 0.25) is 0 Å². The quantitative estimate of drug-likeness (QED) is 0.875. The highest BCUT2D eigenvalue weighted by Gasteiger charge is 2.21. The Morgan fingerprint density at radius 3 is 2.74 bits per heavy atom. The van der Waals surface area contributed by atoms with Gasteiger partial charge in [0.1, 0.15) is 11.5 Å². The van der Waals surface area contributed by atoms with E-state index in [4.69, 9.17) is 10.5 Å². The lowest BCUT2D eigenvalue weighted by Crippen LogP contribution is -2.10. The largest absolute Gasteiger partial charge is 0.457 e. The molecule has 0 bridgehead atoms. The van der Waals surface area contributed by atoms with E-state index < -0.39 is 5.91 Å². The number of thiophene rings is 1. The molecule has 1 amide bonds. The zero-order valence-electron chi connectivity index (χ0n) is 13.0. The van der Waals surface area contributed by atoms with Crippen molar-refractivity contribution in [2.45, 2.75) is 32.8 Å². The molecule has 4 nitrogen and oxygen atoms in total. The van der Waals surface area contributed by atoms with Gasteiger partial charge in [-0.2, -0.15) is 0 Å². The standard InChI is InChI=1S/C18H19NO3S/c1-11-2-7-15-14(8-11)9-16(23-15)18(21)22-10-12-3-5-13(6-4-12)17(19)20/h3-6,9,11H,2,7-8,10H2,1H3,(H2,19,20). The molecule has 1 heterocycles. The Morgan fingerprint density at radius 1 is 1.30 bits per heavy atom. The molecule has 1 aromatic heterocycles. The summed E-state index contributed by atoms with van der Waals surface area (Å²) in [4.78, 5) is 25.2. The molecule has 0 saturated heterocycles. The minimum atomic E-state index is -0.466. The maximum atomic E-state index is 12.2. The summed E-state index contributed by atoms with van der Waals surface area (Å²) < 4.78 is 5.37. The van der Waals surface area contributed by atoms with Gasteiger partial charge in [-0.05, 0) is 54.5 Å². The van der Waals surface area contributed by atoms with Crippen LogP contribution in [0.4, 0.5) is 0 Å². The number of ether oxygens (including phenoxy) is 1. The van der Waals surface area contributed by atoms with Gasteiger partial charge in [-0.1, -0.05) is 19.1 Å². The Morgan fingerprint density at radius 2 is 2.04 bits per heavy atom. The summed E-state index contributed by atoms with van der Waals surface area (Å²) in [6, 6.07) is 8.74. The van der Waals surface area contributed by atoms with E-state index in [1.165, 1.54) is 16.9 Å². The number of hydrogen-bond acceptors (Lipinski definition) is 4. The van der Waals surface area contributed by atoms with Crippen LogP contribution in [0.25, 0.3) is 0 Å². The van der Waals surface area contributed by atoms with Gasteiger partial charge < -0.3 is 10.5 Å². The number of primary amides is 1. The lowest BCUT2D eigenvalue weighted by molar-refractivity contribution is 0.0478. The maximum absolute atomic E-state index is 12.2. The predicted molar refractivity (Wildman–Crippen MR) is 89.6 cm³/mol. The van der Waals surface area contributed by atoms with Crippen LogP contribution >= 0.6 is 11.3 Å². The van der Waals surface area contributed by atoms with Gasteiger partial charge in [0.05, 0.1) is 0 Å². The van der Waals surface area contributed by atoms with Gasteiger partial charge in [-0.3, -0.25) is 4.79 Å². The number of nitrogens with two attached hydrogens (primary N) is 1. The first kappa shape index (κ1) is 15.7. The van der Waals surface area contributed by atoms with Gasteiger partial charge in [0.25, 0.3) is 0 Å². The van der Waals surface area contributed by atoms with Gasteiger partial charge in [-0.25, -0.2) is 4.79 Å². The molecule has 0 aliphatic heterocycles. The van der Waals surface area contributed by atoms with Gasteiger partial charge in [-0.15, -0.1) is 11.3 Å². The Labute approximate surface area is 139 Å². The Balaban J connectivity index is 1.62. The van der Waals surface area contributed by atoms with Crippen molar-refractivity contribution >= 4 is 23.2 Å². The second-order valence-electron chi connectivity index (χ2n) is 6.04. The fourth-order valence-corrected chi connectivity index (χ4v) is 3.89. The molecule has 1 aliphatic rings. The maximum Gasteiger partial charge on any atom is 0.348 e. The number of hydrogen-bond donors (Lipinski definition) is 1. The molecular formula is C18H19NO3S. The van der Waals surface area contributed by atoms with Crippen LogP contribution in [-0.4, -0.2) is 11.9 Å². The van der Waals surface area contributed by atoms with E-state index in [9.17, 15) is 9.59 Å². The van der Waals surface area contributed by atoms with Gasteiger partial charge in [0.15, 0.2) is 0 Å². The molecule has 0 saturated carbocycles. The summed E-state index contributed by atoms with van der Waals surface area (Å²) in [6.07, 6.45) is 3.30. The van der Waals surface area contributed by atoms with Crippen molar-refractivity contribution in [3.05, 3.63) is 56.8 Å². The van der Waals surface area contributed by atoms with Crippen molar-refractivity contribution in [3.8, 4) is 0 Å². The molecule has 1 aliphatic carbocycles. The Kier molecular flexibility index (Phi) is 4.48. The summed E-state index contributed by atoms with van der Waals surface area (Å²) in [5.41, 5.74) is 7.77. The molecule has 1 unspecified atom stereocenters. The van der Waals surface area contributed by atoms with Crippen molar-refractivity contribution in [1.82, 2.24) is 0 Å². The summed E-state index contributed by atoms with van der Waals surface area (Å²) in [6.45, 7) is 2.44. The van der Waals surface area contributed by atoms with Crippen LogP contribution in [-0.2, 0) is 24.2 Å². The van der Waals surface area contributed by atoms with Crippen LogP contribution in [0.3, 0.4) is 0 Å². The second kappa shape index (κ2) is 6.54. The minimum absolute atomic E-state index is 0.191. The van der Waals surface area contributed by atoms with Crippen molar-refractivity contribution in [3.63, 3.8) is 0 Å². The lowest BCUT2D eigenvalue weighted by atomic mass is 9.90. The van der Waals surface area contributed by atoms with Crippen molar-refractivity contribution in [2.24, 2.45) is 11.7 Å². The van der Waals surface area contributed by atoms with Crippen LogP contribution in [0, 0.1) is 5.92 Å². The van der Waals surface area contributed by atoms with E-state index >= 15 is 0 Å².